The van der Waals surface area contributed by atoms with Crippen LogP contribution < -0.4 is 4.74 Å². The number of aliphatic hydroxyl groups is 1. The van der Waals surface area contributed by atoms with Crippen molar-refractivity contribution in [3.63, 3.8) is 0 Å². The van der Waals surface area contributed by atoms with Crippen LogP contribution in [0.3, 0.4) is 0 Å². The van der Waals surface area contributed by atoms with Gasteiger partial charge in [0, 0.05) is 24.0 Å². The maximum absolute atomic E-state index is 12.7. The first kappa shape index (κ1) is 20.4. The lowest BCUT2D eigenvalue weighted by molar-refractivity contribution is 0.105. The Hall–Kier alpha value is -1.88. The van der Waals surface area contributed by atoms with Crippen LogP contribution in [0.1, 0.15) is 35.7 Å². The average molecular weight is 394 g/mol. The van der Waals surface area contributed by atoms with Gasteiger partial charge in [-0.3, -0.25) is 4.79 Å². The Kier molecular flexibility index (Phi) is 6.81. The lowest BCUT2D eigenvalue weighted by atomic mass is 9.74. The predicted molar refractivity (Wildman–Crippen MR) is 105 cm³/mol. The number of aliphatic hydroxyl groups excluding tert-OH is 1. The molecule has 0 aliphatic rings. The summed E-state index contributed by atoms with van der Waals surface area (Å²) >= 11 is 12.1. The molecule has 0 radical (unpaired) electrons. The van der Waals surface area contributed by atoms with Crippen LogP contribution in [-0.2, 0) is 5.41 Å². The lowest BCUT2D eigenvalue weighted by Gasteiger charge is -2.30. The number of methoxy groups -OCH3 is 1. The van der Waals surface area contributed by atoms with Crippen LogP contribution in [0.5, 0.6) is 5.75 Å². The van der Waals surface area contributed by atoms with Crippen LogP contribution in [-0.4, -0.2) is 30.3 Å². The summed E-state index contributed by atoms with van der Waals surface area (Å²) in [7, 11) is 1.53. The van der Waals surface area contributed by atoms with E-state index in [2.05, 4.69) is 0 Å². The number of carbonyl (C=O) groups is 1. The van der Waals surface area contributed by atoms with Gasteiger partial charge < -0.3 is 15.3 Å². The van der Waals surface area contributed by atoms with Crippen LogP contribution >= 0.6 is 23.2 Å². The molecule has 0 heterocycles. The molecule has 1 atom stereocenters. The van der Waals surface area contributed by atoms with E-state index in [0.717, 1.165) is 5.56 Å². The smallest absolute Gasteiger partial charge is 0.206 e. The molecule has 0 saturated carbocycles. The summed E-state index contributed by atoms with van der Waals surface area (Å²) in [6.07, 6.45) is 0.556. The molecule has 138 valence electrons. The topological polar surface area (TPSA) is 70.4 Å². The lowest BCUT2D eigenvalue weighted by Crippen LogP contribution is -2.30. The summed E-state index contributed by atoms with van der Waals surface area (Å²) in [4.78, 5) is 12.7. The Balaban J connectivity index is 2.28. The fourth-order valence-electron chi connectivity index (χ4n) is 2.86. The zero-order chi connectivity index (χ0) is 19.3. The largest absolute Gasteiger partial charge is 0.497 e. The second kappa shape index (κ2) is 8.67. The molecule has 0 bridgehead atoms. The molecule has 2 aromatic carbocycles. The molecule has 0 amide bonds. The maximum atomic E-state index is 12.7. The third kappa shape index (κ3) is 4.64. The summed E-state index contributed by atoms with van der Waals surface area (Å²) in [5, 5.41) is 18.6. The minimum Gasteiger partial charge on any atom is -0.497 e. The van der Waals surface area contributed by atoms with Gasteiger partial charge in [0.2, 0.25) is 5.78 Å². The first-order chi connectivity index (χ1) is 12.3. The molecule has 0 fully saturated rings. The molecular weight excluding hydrogens is 373 g/mol. The zero-order valence-electron chi connectivity index (χ0n) is 14.7. The van der Waals surface area contributed by atoms with Crippen LogP contribution in [0.15, 0.2) is 42.5 Å². The number of rotatable bonds is 8. The number of halogens is 2. The third-order valence-electron chi connectivity index (χ3n) is 4.45. The van der Waals surface area contributed by atoms with Crippen molar-refractivity contribution < 1.29 is 14.6 Å². The van der Waals surface area contributed by atoms with E-state index in [1.807, 2.05) is 13.0 Å². The summed E-state index contributed by atoms with van der Waals surface area (Å²) < 4.78 is 5.13. The minimum absolute atomic E-state index is 0.0414. The van der Waals surface area contributed by atoms with Crippen molar-refractivity contribution in [3.05, 3.63) is 63.6 Å². The monoisotopic (exact) mass is 393 g/mol. The van der Waals surface area contributed by atoms with Crippen molar-refractivity contribution in [2.24, 2.45) is 0 Å². The molecule has 4 nitrogen and oxygen atoms in total. The summed E-state index contributed by atoms with van der Waals surface area (Å²) in [5.74, 6) is 0.194. The molecule has 2 rings (SSSR count). The SMILES string of the molecule is COc1cccc(C(=O)C(=N)CC(C)(CCO)c2ccc(Cl)c(Cl)c2)c1. The van der Waals surface area contributed by atoms with E-state index in [9.17, 15) is 9.90 Å². The van der Waals surface area contributed by atoms with Crippen LogP contribution in [0.25, 0.3) is 0 Å². The first-order valence-corrected chi connectivity index (χ1v) is 8.89. The highest BCUT2D eigenvalue weighted by Crippen LogP contribution is 2.35. The Morgan fingerprint density at radius 1 is 1.19 bits per heavy atom. The summed E-state index contributed by atoms with van der Waals surface area (Å²) in [6, 6.07) is 11.9. The summed E-state index contributed by atoms with van der Waals surface area (Å²) in [6.45, 7) is 1.83. The Morgan fingerprint density at radius 2 is 1.92 bits per heavy atom. The number of ketones is 1. The van der Waals surface area contributed by atoms with Crippen molar-refractivity contribution in [2.75, 3.05) is 13.7 Å². The Labute approximate surface area is 163 Å². The Bertz CT molecular complexity index is 822. The molecule has 0 spiro atoms. The van der Waals surface area contributed by atoms with Crippen molar-refractivity contribution in [2.45, 2.75) is 25.2 Å². The molecule has 2 aromatic rings. The number of Topliss-reactive ketones (excluding diaryl/α,β-unsaturated/α-hetero) is 1. The van der Waals surface area contributed by atoms with E-state index in [-0.39, 0.29) is 24.5 Å². The van der Waals surface area contributed by atoms with Gasteiger partial charge in [-0.05, 0) is 36.2 Å². The van der Waals surface area contributed by atoms with E-state index >= 15 is 0 Å². The fourth-order valence-corrected chi connectivity index (χ4v) is 3.16. The van der Waals surface area contributed by atoms with Crippen LogP contribution in [0, 0.1) is 5.41 Å². The standard InChI is InChI=1S/C20H21Cl2NO3/c1-20(8-9-24,14-6-7-16(21)17(22)11-14)12-18(23)19(25)13-4-3-5-15(10-13)26-2/h3-7,10-11,23-24H,8-9,12H2,1-2H3. The second-order valence-corrected chi connectivity index (χ2v) is 7.19. The summed E-state index contributed by atoms with van der Waals surface area (Å²) in [5.41, 5.74) is 0.563. The second-order valence-electron chi connectivity index (χ2n) is 6.38. The Morgan fingerprint density at radius 3 is 2.54 bits per heavy atom. The van der Waals surface area contributed by atoms with Gasteiger partial charge in [0.1, 0.15) is 5.75 Å². The van der Waals surface area contributed by atoms with Gasteiger partial charge in [-0.1, -0.05) is 48.3 Å². The van der Waals surface area contributed by atoms with Crippen molar-refractivity contribution >= 4 is 34.7 Å². The quantitative estimate of drug-likeness (QED) is 0.492. The molecule has 0 saturated heterocycles. The van der Waals surface area contributed by atoms with E-state index in [1.54, 1.807) is 36.4 Å². The fraction of sp³-hybridized carbons (Fsp3) is 0.300. The van der Waals surface area contributed by atoms with Crippen LogP contribution in [0.2, 0.25) is 10.0 Å². The third-order valence-corrected chi connectivity index (χ3v) is 5.19. The molecule has 0 aromatic heterocycles. The number of carbonyl (C=O) groups excluding carboxylic acids is 1. The number of hydrogen-bond acceptors (Lipinski definition) is 4. The first-order valence-electron chi connectivity index (χ1n) is 8.13. The molecule has 6 heteroatoms. The number of ether oxygens (including phenoxy) is 1. The van der Waals surface area contributed by atoms with Crippen molar-refractivity contribution in [1.82, 2.24) is 0 Å². The molecule has 0 aliphatic heterocycles. The average Bonchev–Trinajstić information content (AvgIpc) is 2.63. The van der Waals surface area contributed by atoms with E-state index in [1.165, 1.54) is 7.11 Å². The van der Waals surface area contributed by atoms with Gasteiger partial charge in [0.15, 0.2) is 0 Å². The van der Waals surface area contributed by atoms with E-state index < -0.39 is 5.41 Å². The minimum atomic E-state index is -0.616. The highest BCUT2D eigenvalue weighted by molar-refractivity contribution is 6.45. The van der Waals surface area contributed by atoms with Gasteiger partial charge in [-0.25, -0.2) is 0 Å². The maximum Gasteiger partial charge on any atom is 0.206 e. The zero-order valence-corrected chi connectivity index (χ0v) is 16.2. The molecule has 1 unspecified atom stereocenters. The number of hydrogen-bond donors (Lipinski definition) is 2. The van der Waals surface area contributed by atoms with Gasteiger partial charge in [-0.15, -0.1) is 0 Å². The van der Waals surface area contributed by atoms with E-state index in [0.29, 0.717) is 27.8 Å². The number of nitrogens with one attached hydrogen (secondary N) is 1. The van der Waals surface area contributed by atoms with Crippen molar-refractivity contribution in [1.29, 1.82) is 5.41 Å². The highest BCUT2D eigenvalue weighted by atomic mass is 35.5. The van der Waals surface area contributed by atoms with Gasteiger partial charge in [0.25, 0.3) is 0 Å². The number of benzene rings is 2. The highest BCUT2D eigenvalue weighted by Gasteiger charge is 2.30. The van der Waals surface area contributed by atoms with Gasteiger partial charge >= 0.3 is 0 Å². The predicted octanol–water partition coefficient (Wildman–Crippen LogP) is 4.93. The van der Waals surface area contributed by atoms with Crippen molar-refractivity contribution in [3.8, 4) is 5.75 Å². The van der Waals surface area contributed by atoms with Gasteiger partial charge in [-0.2, -0.15) is 0 Å². The van der Waals surface area contributed by atoms with E-state index in [4.69, 9.17) is 33.3 Å². The molecule has 2 N–H and O–H groups in total. The van der Waals surface area contributed by atoms with Gasteiger partial charge in [0.05, 0.1) is 22.9 Å². The molecule has 26 heavy (non-hydrogen) atoms. The van der Waals surface area contributed by atoms with Crippen LogP contribution in [0.4, 0.5) is 0 Å². The normalized spacial score (nSPS) is 13.1. The molecule has 0 aliphatic carbocycles. The molecular formula is C20H21Cl2NO3.